The lowest BCUT2D eigenvalue weighted by Gasteiger charge is -2.23. The first-order chi connectivity index (χ1) is 15.3. The zero-order chi connectivity index (χ0) is 21.2. The average Bonchev–Trinajstić information content (AvgIpc) is 2.98. The Labute approximate surface area is 185 Å². The van der Waals surface area contributed by atoms with Gasteiger partial charge in [0.1, 0.15) is 5.75 Å². The fourth-order valence-electron chi connectivity index (χ4n) is 3.75. The van der Waals surface area contributed by atoms with Gasteiger partial charge in [0.25, 0.3) is 0 Å². The van der Waals surface area contributed by atoms with Gasteiger partial charge in [-0.2, -0.15) is 4.98 Å². The predicted molar refractivity (Wildman–Crippen MR) is 124 cm³/mol. The minimum atomic E-state index is -0.508. The van der Waals surface area contributed by atoms with Gasteiger partial charge in [0.05, 0.1) is 12.2 Å². The van der Waals surface area contributed by atoms with Gasteiger partial charge < -0.3 is 14.8 Å². The van der Waals surface area contributed by atoms with Crippen LogP contribution >= 0.6 is 11.8 Å². The SMILES string of the molecule is CCCOc1ccc2ccccc2c1[C@H]1Nc2ccccc2-c2nnc(SC)nc2O1. The lowest BCUT2D eigenvalue weighted by atomic mass is 10.0. The van der Waals surface area contributed by atoms with Crippen LogP contribution in [-0.2, 0) is 0 Å². The van der Waals surface area contributed by atoms with Crippen molar-refractivity contribution < 1.29 is 9.47 Å². The van der Waals surface area contributed by atoms with Crippen molar-refractivity contribution in [3.8, 4) is 22.9 Å². The van der Waals surface area contributed by atoms with Crippen molar-refractivity contribution in [2.24, 2.45) is 0 Å². The van der Waals surface area contributed by atoms with Crippen molar-refractivity contribution in [1.29, 1.82) is 0 Å². The first-order valence-electron chi connectivity index (χ1n) is 10.2. The van der Waals surface area contributed by atoms with Crippen molar-refractivity contribution in [3.05, 3.63) is 66.2 Å². The molecule has 0 saturated carbocycles. The van der Waals surface area contributed by atoms with Gasteiger partial charge in [0, 0.05) is 11.3 Å². The van der Waals surface area contributed by atoms with Crippen LogP contribution in [0.5, 0.6) is 11.6 Å². The van der Waals surface area contributed by atoms with Crippen LogP contribution in [0.25, 0.3) is 22.0 Å². The molecule has 1 aromatic heterocycles. The smallest absolute Gasteiger partial charge is 0.247 e. The minimum absolute atomic E-state index is 0.455. The Hall–Kier alpha value is -3.32. The van der Waals surface area contributed by atoms with Crippen LogP contribution in [0.4, 0.5) is 5.69 Å². The third-order valence-electron chi connectivity index (χ3n) is 5.17. The molecule has 31 heavy (non-hydrogen) atoms. The van der Waals surface area contributed by atoms with E-state index in [0.29, 0.717) is 23.3 Å². The summed E-state index contributed by atoms with van der Waals surface area (Å²) in [5.41, 5.74) is 3.38. The highest BCUT2D eigenvalue weighted by Crippen LogP contribution is 2.43. The molecule has 5 rings (SSSR count). The Kier molecular flexibility index (Phi) is 5.34. The van der Waals surface area contributed by atoms with Gasteiger partial charge in [-0.05, 0) is 35.6 Å². The summed E-state index contributed by atoms with van der Waals surface area (Å²) in [6.07, 6.45) is 2.34. The number of hydrogen-bond donors (Lipinski definition) is 1. The molecular weight excluding hydrogens is 408 g/mol. The second-order valence-electron chi connectivity index (χ2n) is 7.19. The van der Waals surface area contributed by atoms with Crippen LogP contribution in [0.3, 0.4) is 0 Å². The molecule has 0 radical (unpaired) electrons. The Bertz CT molecular complexity index is 1250. The van der Waals surface area contributed by atoms with Crippen molar-refractivity contribution in [1.82, 2.24) is 15.2 Å². The van der Waals surface area contributed by atoms with E-state index in [0.717, 1.165) is 39.8 Å². The van der Waals surface area contributed by atoms with Crippen LogP contribution in [-0.4, -0.2) is 28.0 Å². The maximum atomic E-state index is 6.48. The van der Waals surface area contributed by atoms with Crippen molar-refractivity contribution in [3.63, 3.8) is 0 Å². The largest absolute Gasteiger partial charge is 0.493 e. The maximum Gasteiger partial charge on any atom is 0.247 e. The van der Waals surface area contributed by atoms with E-state index in [1.807, 2.05) is 48.7 Å². The Morgan fingerprint density at radius 1 is 1.03 bits per heavy atom. The van der Waals surface area contributed by atoms with E-state index in [4.69, 9.17) is 9.47 Å². The molecular formula is C24H22N4O2S. The van der Waals surface area contributed by atoms with Crippen LogP contribution < -0.4 is 14.8 Å². The summed E-state index contributed by atoms with van der Waals surface area (Å²) in [5, 5.41) is 15.0. The van der Waals surface area contributed by atoms with Gasteiger partial charge in [-0.25, -0.2) is 0 Å². The summed E-state index contributed by atoms with van der Waals surface area (Å²) < 4.78 is 12.6. The summed E-state index contributed by atoms with van der Waals surface area (Å²) in [6, 6.07) is 20.3. The number of hydrogen-bond acceptors (Lipinski definition) is 7. The van der Waals surface area contributed by atoms with Crippen molar-refractivity contribution >= 4 is 28.2 Å². The number of nitrogens with zero attached hydrogens (tertiary/aromatic N) is 3. The van der Waals surface area contributed by atoms with Gasteiger partial charge in [-0.15, -0.1) is 10.2 Å². The zero-order valence-electron chi connectivity index (χ0n) is 17.3. The van der Waals surface area contributed by atoms with Gasteiger partial charge in [-0.1, -0.05) is 67.2 Å². The molecule has 1 atom stereocenters. The van der Waals surface area contributed by atoms with Crippen molar-refractivity contribution in [2.45, 2.75) is 24.7 Å². The molecule has 7 heteroatoms. The highest BCUT2D eigenvalue weighted by molar-refractivity contribution is 7.98. The summed E-state index contributed by atoms with van der Waals surface area (Å²) >= 11 is 1.43. The fraction of sp³-hybridized carbons (Fsp3) is 0.208. The normalized spacial score (nSPS) is 14.7. The van der Waals surface area contributed by atoms with E-state index in [1.54, 1.807) is 0 Å². The molecule has 1 aliphatic rings. The highest BCUT2D eigenvalue weighted by Gasteiger charge is 2.29. The fourth-order valence-corrected chi connectivity index (χ4v) is 4.04. The van der Waals surface area contributed by atoms with E-state index in [9.17, 15) is 0 Å². The Morgan fingerprint density at radius 3 is 2.74 bits per heavy atom. The average molecular weight is 431 g/mol. The number of nitrogens with one attached hydrogen (secondary N) is 1. The molecule has 0 fully saturated rings. The molecule has 0 saturated heterocycles. The van der Waals surface area contributed by atoms with E-state index < -0.39 is 6.23 Å². The number of ether oxygens (including phenoxy) is 2. The summed E-state index contributed by atoms with van der Waals surface area (Å²) in [5.74, 6) is 1.25. The van der Waals surface area contributed by atoms with Crippen LogP contribution in [0.15, 0.2) is 65.8 Å². The minimum Gasteiger partial charge on any atom is -0.493 e. The standard InChI is InChI=1S/C24H22N4O2S/c1-3-14-29-19-13-12-15-8-4-5-9-16(15)20(19)22-25-18-11-7-6-10-17(18)21-23(30-22)26-24(31-2)28-27-21/h4-13,22,25H,3,14H2,1-2H3/t22-/m0/s1. The van der Waals surface area contributed by atoms with Gasteiger partial charge in [0.2, 0.25) is 17.3 Å². The number of aromatic nitrogens is 3. The van der Waals surface area contributed by atoms with E-state index in [2.05, 4.69) is 45.6 Å². The topological polar surface area (TPSA) is 69.2 Å². The first kappa shape index (κ1) is 19.6. The number of rotatable bonds is 5. The maximum absolute atomic E-state index is 6.48. The second kappa shape index (κ2) is 8.43. The van der Waals surface area contributed by atoms with Gasteiger partial charge in [0.15, 0.2) is 5.69 Å². The highest BCUT2D eigenvalue weighted by atomic mass is 32.2. The molecule has 4 aromatic rings. The van der Waals surface area contributed by atoms with Gasteiger partial charge in [-0.3, -0.25) is 0 Å². The number of benzene rings is 3. The number of anilines is 1. The molecule has 1 aliphatic heterocycles. The van der Waals surface area contributed by atoms with Crippen LogP contribution in [0, 0.1) is 0 Å². The molecule has 0 unspecified atom stereocenters. The lowest BCUT2D eigenvalue weighted by Crippen LogP contribution is -2.19. The molecule has 0 amide bonds. The molecule has 2 heterocycles. The van der Waals surface area contributed by atoms with Gasteiger partial charge >= 0.3 is 0 Å². The van der Waals surface area contributed by atoms with E-state index in [-0.39, 0.29) is 0 Å². The van der Waals surface area contributed by atoms with E-state index in [1.165, 1.54) is 11.8 Å². The van der Waals surface area contributed by atoms with Crippen LogP contribution in [0.1, 0.15) is 25.1 Å². The molecule has 6 nitrogen and oxygen atoms in total. The molecule has 1 N–H and O–H groups in total. The third kappa shape index (κ3) is 3.65. The van der Waals surface area contributed by atoms with E-state index >= 15 is 0 Å². The lowest BCUT2D eigenvalue weighted by molar-refractivity contribution is 0.217. The molecule has 0 bridgehead atoms. The third-order valence-corrected chi connectivity index (χ3v) is 5.71. The Morgan fingerprint density at radius 2 is 1.87 bits per heavy atom. The quantitative estimate of drug-likeness (QED) is 0.407. The Balaban J connectivity index is 1.71. The first-order valence-corrected chi connectivity index (χ1v) is 11.5. The predicted octanol–water partition coefficient (Wildman–Crippen LogP) is 5.71. The summed E-state index contributed by atoms with van der Waals surface area (Å²) in [6.45, 7) is 2.73. The number of thioether (sulfide) groups is 1. The molecule has 3 aromatic carbocycles. The molecule has 156 valence electrons. The van der Waals surface area contributed by atoms with Crippen molar-refractivity contribution in [2.75, 3.05) is 18.2 Å². The monoisotopic (exact) mass is 430 g/mol. The second-order valence-corrected chi connectivity index (χ2v) is 7.96. The molecule has 0 aliphatic carbocycles. The van der Waals surface area contributed by atoms with Crippen LogP contribution in [0.2, 0.25) is 0 Å². The summed E-state index contributed by atoms with van der Waals surface area (Å²) in [4.78, 5) is 4.62. The molecule has 0 spiro atoms. The number of para-hydroxylation sites is 1. The zero-order valence-corrected chi connectivity index (χ0v) is 18.1. The number of fused-ring (bicyclic) bond motifs is 4. The summed E-state index contributed by atoms with van der Waals surface area (Å²) in [7, 11) is 0.